The predicted octanol–water partition coefficient (Wildman–Crippen LogP) is 5.26. The Morgan fingerprint density at radius 3 is 2.46 bits per heavy atom. The van der Waals surface area contributed by atoms with Crippen molar-refractivity contribution < 1.29 is 9.32 Å². The van der Waals surface area contributed by atoms with Crippen molar-refractivity contribution >= 4 is 21.8 Å². The molecule has 1 unspecified atom stereocenters. The van der Waals surface area contributed by atoms with Gasteiger partial charge in [0.15, 0.2) is 0 Å². The van der Waals surface area contributed by atoms with E-state index in [2.05, 4.69) is 72.4 Å². The molecular formula is C29H36BrN5O2. The lowest BCUT2D eigenvalue weighted by molar-refractivity contribution is -0.127. The van der Waals surface area contributed by atoms with Gasteiger partial charge in [-0.1, -0.05) is 52.3 Å². The fourth-order valence-electron chi connectivity index (χ4n) is 5.21. The quantitative estimate of drug-likeness (QED) is 0.401. The number of halogens is 1. The summed E-state index contributed by atoms with van der Waals surface area (Å²) in [5, 5.41) is 7.29. The Morgan fingerprint density at radius 1 is 0.973 bits per heavy atom. The number of likely N-dealkylation sites (tertiary alicyclic amines) is 2. The van der Waals surface area contributed by atoms with E-state index in [1.807, 2.05) is 24.3 Å². The van der Waals surface area contributed by atoms with Crippen LogP contribution in [0.25, 0.3) is 11.4 Å². The number of carbonyl (C=O) groups excluding carboxylic acids is 1. The van der Waals surface area contributed by atoms with Gasteiger partial charge in [0, 0.05) is 29.7 Å². The Kier molecular flexibility index (Phi) is 8.69. The van der Waals surface area contributed by atoms with Crippen molar-refractivity contribution in [2.24, 2.45) is 11.8 Å². The molecule has 196 valence electrons. The van der Waals surface area contributed by atoms with E-state index >= 15 is 0 Å². The highest BCUT2D eigenvalue weighted by atomic mass is 79.9. The van der Waals surface area contributed by atoms with Gasteiger partial charge in [-0.25, -0.2) is 0 Å². The molecule has 0 bridgehead atoms. The lowest BCUT2D eigenvalue weighted by Crippen LogP contribution is -2.42. The number of hydrogen-bond donors (Lipinski definition) is 1. The van der Waals surface area contributed by atoms with E-state index in [0.29, 0.717) is 31.3 Å². The van der Waals surface area contributed by atoms with Crippen molar-refractivity contribution in [1.82, 2.24) is 25.3 Å². The molecule has 2 saturated heterocycles. The first kappa shape index (κ1) is 26.1. The van der Waals surface area contributed by atoms with Gasteiger partial charge in [-0.3, -0.25) is 14.6 Å². The van der Waals surface area contributed by atoms with Crippen LogP contribution in [0.5, 0.6) is 0 Å². The van der Waals surface area contributed by atoms with E-state index < -0.39 is 0 Å². The van der Waals surface area contributed by atoms with Crippen molar-refractivity contribution in [3.8, 4) is 11.4 Å². The van der Waals surface area contributed by atoms with E-state index in [1.54, 1.807) is 0 Å². The molecule has 0 radical (unpaired) electrons. The molecule has 3 heterocycles. The van der Waals surface area contributed by atoms with Crippen LogP contribution < -0.4 is 5.32 Å². The molecule has 2 aliphatic heterocycles. The number of nitrogens with zero attached hydrogens (tertiary/aromatic N) is 4. The molecule has 2 fully saturated rings. The van der Waals surface area contributed by atoms with Crippen LogP contribution in [0, 0.1) is 11.8 Å². The predicted molar refractivity (Wildman–Crippen MR) is 147 cm³/mol. The first-order valence-electron chi connectivity index (χ1n) is 13.4. The average molecular weight is 567 g/mol. The van der Waals surface area contributed by atoms with Crippen LogP contribution in [-0.4, -0.2) is 52.0 Å². The van der Waals surface area contributed by atoms with E-state index in [4.69, 9.17) is 4.52 Å². The summed E-state index contributed by atoms with van der Waals surface area (Å²) in [5.74, 6) is 2.12. The average Bonchev–Trinajstić information content (AvgIpc) is 3.38. The third kappa shape index (κ3) is 7.27. The molecule has 0 spiro atoms. The molecule has 2 aromatic carbocycles. The van der Waals surface area contributed by atoms with Crippen LogP contribution >= 0.6 is 15.9 Å². The van der Waals surface area contributed by atoms with Gasteiger partial charge in [-0.2, -0.15) is 4.98 Å². The van der Waals surface area contributed by atoms with E-state index in [9.17, 15) is 4.79 Å². The SMILES string of the molecule is CC1CCN(Cc2ccc(CNC(=O)C3CCCN(Cc4nc(-c5ccc(Br)cc5)no4)C3)cc2)CC1. The molecule has 7 nitrogen and oxygen atoms in total. The van der Waals surface area contributed by atoms with Gasteiger partial charge in [-0.15, -0.1) is 0 Å². The highest BCUT2D eigenvalue weighted by molar-refractivity contribution is 9.10. The molecule has 0 aliphatic carbocycles. The van der Waals surface area contributed by atoms with Crippen LogP contribution in [0.4, 0.5) is 0 Å². The van der Waals surface area contributed by atoms with Gasteiger partial charge >= 0.3 is 0 Å². The lowest BCUT2D eigenvalue weighted by Gasteiger charge is -2.31. The topological polar surface area (TPSA) is 74.5 Å². The maximum Gasteiger partial charge on any atom is 0.241 e. The second kappa shape index (κ2) is 12.3. The number of piperidine rings is 2. The van der Waals surface area contributed by atoms with Crippen LogP contribution in [0.15, 0.2) is 57.5 Å². The van der Waals surface area contributed by atoms with E-state index in [0.717, 1.165) is 47.4 Å². The van der Waals surface area contributed by atoms with Crippen LogP contribution in [0.2, 0.25) is 0 Å². The van der Waals surface area contributed by atoms with Crippen molar-refractivity contribution in [3.63, 3.8) is 0 Å². The molecule has 1 atom stereocenters. The largest absolute Gasteiger partial charge is 0.352 e. The van der Waals surface area contributed by atoms with Gasteiger partial charge < -0.3 is 9.84 Å². The Bertz CT molecular complexity index is 1160. The number of carbonyl (C=O) groups is 1. The highest BCUT2D eigenvalue weighted by Crippen LogP contribution is 2.22. The Morgan fingerprint density at radius 2 is 1.70 bits per heavy atom. The third-order valence-corrected chi connectivity index (χ3v) is 8.11. The van der Waals surface area contributed by atoms with Crippen molar-refractivity contribution in [3.05, 3.63) is 70.0 Å². The number of aromatic nitrogens is 2. The normalized spacial score (nSPS) is 19.7. The van der Waals surface area contributed by atoms with Crippen molar-refractivity contribution in [1.29, 1.82) is 0 Å². The molecule has 37 heavy (non-hydrogen) atoms. The molecule has 1 amide bonds. The summed E-state index contributed by atoms with van der Waals surface area (Å²) in [6, 6.07) is 16.5. The summed E-state index contributed by atoms with van der Waals surface area (Å²) >= 11 is 3.45. The van der Waals surface area contributed by atoms with Gasteiger partial charge in [0.2, 0.25) is 17.6 Å². The van der Waals surface area contributed by atoms with Gasteiger partial charge in [0.25, 0.3) is 0 Å². The molecule has 3 aromatic rings. The fraction of sp³-hybridized carbons (Fsp3) is 0.483. The van der Waals surface area contributed by atoms with Crippen molar-refractivity contribution in [2.45, 2.75) is 52.2 Å². The van der Waals surface area contributed by atoms with Gasteiger partial charge in [0.05, 0.1) is 12.5 Å². The number of nitrogens with one attached hydrogen (secondary N) is 1. The summed E-state index contributed by atoms with van der Waals surface area (Å²) < 4.78 is 6.51. The smallest absolute Gasteiger partial charge is 0.241 e. The second-order valence-corrected chi connectivity index (χ2v) is 11.5. The minimum Gasteiger partial charge on any atom is -0.352 e. The summed E-state index contributed by atoms with van der Waals surface area (Å²) in [4.78, 5) is 22.3. The monoisotopic (exact) mass is 565 g/mol. The molecular weight excluding hydrogens is 530 g/mol. The van der Waals surface area contributed by atoms with Crippen LogP contribution in [-0.2, 0) is 24.4 Å². The number of benzene rings is 2. The summed E-state index contributed by atoms with van der Waals surface area (Å²) in [5.41, 5.74) is 3.41. The Balaban J connectivity index is 1.08. The standard InChI is InChI=1S/C29H36BrN5O2/c1-21-12-15-34(16-13-21)18-23-6-4-22(5-7-23)17-31-29(36)25-3-2-14-35(19-25)20-27-32-28(33-37-27)24-8-10-26(30)11-9-24/h4-11,21,25H,2-3,12-20H2,1H3,(H,31,36). The van der Waals surface area contributed by atoms with Crippen LogP contribution in [0.1, 0.15) is 49.6 Å². The molecule has 5 rings (SSSR count). The minimum absolute atomic E-state index is 0.0246. The fourth-order valence-corrected chi connectivity index (χ4v) is 5.48. The molecule has 2 aliphatic rings. The third-order valence-electron chi connectivity index (χ3n) is 7.58. The molecule has 0 saturated carbocycles. The minimum atomic E-state index is -0.0246. The summed E-state index contributed by atoms with van der Waals surface area (Å²) in [6.07, 6.45) is 4.48. The van der Waals surface area contributed by atoms with Gasteiger partial charge in [0.1, 0.15) is 0 Å². The summed E-state index contributed by atoms with van der Waals surface area (Å²) in [7, 11) is 0. The maximum absolute atomic E-state index is 12.9. The zero-order chi connectivity index (χ0) is 25.6. The number of amides is 1. The molecule has 1 aromatic heterocycles. The first-order valence-corrected chi connectivity index (χ1v) is 14.2. The van der Waals surface area contributed by atoms with Crippen molar-refractivity contribution in [2.75, 3.05) is 26.2 Å². The van der Waals surface area contributed by atoms with E-state index in [-0.39, 0.29) is 11.8 Å². The Hall–Kier alpha value is -2.55. The van der Waals surface area contributed by atoms with Gasteiger partial charge in [-0.05, 0) is 86.6 Å². The molecule has 8 heteroatoms. The molecule has 1 N–H and O–H groups in total. The van der Waals surface area contributed by atoms with Crippen LogP contribution in [0.3, 0.4) is 0 Å². The second-order valence-electron chi connectivity index (χ2n) is 10.6. The lowest BCUT2D eigenvalue weighted by atomic mass is 9.97. The maximum atomic E-state index is 12.9. The Labute approximate surface area is 227 Å². The number of rotatable bonds is 8. The van der Waals surface area contributed by atoms with E-state index in [1.165, 1.54) is 31.5 Å². The summed E-state index contributed by atoms with van der Waals surface area (Å²) in [6.45, 7) is 8.50. The zero-order valence-corrected chi connectivity index (χ0v) is 23.1. The highest BCUT2D eigenvalue weighted by Gasteiger charge is 2.27. The first-order chi connectivity index (χ1) is 18.0. The zero-order valence-electron chi connectivity index (χ0n) is 21.5. The number of hydrogen-bond acceptors (Lipinski definition) is 6.